The van der Waals surface area contributed by atoms with Crippen LogP contribution in [0.4, 0.5) is 8.78 Å². The van der Waals surface area contributed by atoms with Crippen molar-refractivity contribution in [2.24, 2.45) is 5.92 Å². The van der Waals surface area contributed by atoms with Crippen molar-refractivity contribution in [1.29, 1.82) is 0 Å². The molecule has 0 atom stereocenters. The normalized spacial score (nSPS) is 18.9. The highest BCUT2D eigenvalue weighted by molar-refractivity contribution is 5.83. The summed E-state index contributed by atoms with van der Waals surface area (Å²) in [6.07, 6.45) is -0.292. The lowest BCUT2D eigenvalue weighted by Gasteiger charge is -2.36. The molecule has 1 amide bonds. The van der Waals surface area contributed by atoms with Crippen LogP contribution in [0.1, 0.15) is 26.2 Å². The number of carbonyl (C=O) groups is 2. The SMILES string of the molecule is CCCN(CC(=O)O)C(=O)C1CC(F)(F)C1. The molecular formula is C10H15F2NO3. The van der Waals surface area contributed by atoms with Crippen molar-refractivity contribution >= 4 is 11.9 Å². The third-order valence-corrected chi connectivity index (χ3v) is 2.57. The van der Waals surface area contributed by atoms with E-state index in [2.05, 4.69) is 0 Å². The standard InChI is InChI=1S/C10H15F2NO3/c1-2-3-13(6-8(14)15)9(16)7-4-10(11,12)5-7/h7H,2-6H2,1H3,(H,14,15). The van der Waals surface area contributed by atoms with Gasteiger partial charge >= 0.3 is 5.97 Å². The topological polar surface area (TPSA) is 57.6 Å². The molecule has 1 saturated carbocycles. The van der Waals surface area contributed by atoms with Crippen LogP contribution in [0.3, 0.4) is 0 Å². The van der Waals surface area contributed by atoms with Gasteiger partial charge < -0.3 is 10.0 Å². The second-order valence-corrected chi connectivity index (χ2v) is 4.11. The Kier molecular flexibility index (Phi) is 3.83. The van der Waals surface area contributed by atoms with Crippen molar-refractivity contribution in [1.82, 2.24) is 4.90 Å². The van der Waals surface area contributed by atoms with E-state index in [9.17, 15) is 18.4 Å². The van der Waals surface area contributed by atoms with Crippen molar-refractivity contribution in [3.05, 3.63) is 0 Å². The van der Waals surface area contributed by atoms with Crippen LogP contribution in [0.25, 0.3) is 0 Å². The Bertz CT molecular complexity index is 286. The van der Waals surface area contributed by atoms with Gasteiger partial charge in [-0.05, 0) is 6.42 Å². The molecule has 1 aliphatic rings. The number of rotatable bonds is 5. The molecule has 0 unspecified atom stereocenters. The summed E-state index contributed by atoms with van der Waals surface area (Å²) in [5.41, 5.74) is 0. The van der Waals surface area contributed by atoms with Crippen LogP contribution in [0, 0.1) is 5.92 Å². The van der Waals surface area contributed by atoms with Gasteiger partial charge in [-0.3, -0.25) is 9.59 Å². The predicted molar refractivity (Wildman–Crippen MR) is 52.2 cm³/mol. The molecule has 0 bridgehead atoms. The predicted octanol–water partition coefficient (Wildman–Crippen LogP) is 1.35. The first-order valence-electron chi connectivity index (χ1n) is 5.24. The van der Waals surface area contributed by atoms with E-state index >= 15 is 0 Å². The molecule has 1 fully saturated rings. The Morgan fingerprint density at radius 2 is 2.00 bits per heavy atom. The molecule has 6 heteroatoms. The van der Waals surface area contributed by atoms with Crippen molar-refractivity contribution in [2.75, 3.05) is 13.1 Å². The summed E-state index contributed by atoms with van der Waals surface area (Å²) in [6, 6.07) is 0. The van der Waals surface area contributed by atoms with Gasteiger partial charge in [0.2, 0.25) is 11.8 Å². The number of alkyl halides is 2. The fraction of sp³-hybridized carbons (Fsp3) is 0.800. The summed E-state index contributed by atoms with van der Waals surface area (Å²) in [5, 5.41) is 8.59. The molecule has 0 heterocycles. The number of halogens is 2. The lowest BCUT2D eigenvalue weighted by Crippen LogP contribution is -2.48. The van der Waals surface area contributed by atoms with Crippen LogP contribution in [0.15, 0.2) is 0 Å². The maximum Gasteiger partial charge on any atom is 0.323 e. The van der Waals surface area contributed by atoms with Crippen LogP contribution < -0.4 is 0 Å². The highest BCUT2D eigenvalue weighted by Crippen LogP contribution is 2.43. The van der Waals surface area contributed by atoms with Gasteiger partial charge in [-0.15, -0.1) is 0 Å². The number of carboxylic acid groups (broad SMARTS) is 1. The minimum atomic E-state index is -2.75. The molecular weight excluding hydrogens is 220 g/mol. The molecule has 1 rings (SSSR count). The smallest absolute Gasteiger partial charge is 0.323 e. The summed E-state index contributed by atoms with van der Waals surface area (Å²) in [7, 11) is 0. The molecule has 0 radical (unpaired) electrons. The second-order valence-electron chi connectivity index (χ2n) is 4.11. The zero-order valence-corrected chi connectivity index (χ0v) is 9.08. The number of hydrogen-bond donors (Lipinski definition) is 1. The summed E-state index contributed by atoms with van der Waals surface area (Å²) in [5.74, 6) is -5.04. The average Bonchev–Trinajstić information content (AvgIpc) is 2.11. The summed E-state index contributed by atoms with van der Waals surface area (Å²) < 4.78 is 25.1. The molecule has 16 heavy (non-hydrogen) atoms. The summed E-state index contributed by atoms with van der Waals surface area (Å²) >= 11 is 0. The lowest BCUT2D eigenvalue weighted by atomic mass is 9.80. The third kappa shape index (κ3) is 3.15. The number of nitrogens with zero attached hydrogens (tertiary/aromatic N) is 1. The number of aliphatic carboxylic acids is 1. The van der Waals surface area contributed by atoms with E-state index in [0.717, 1.165) is 4.90 Å². The zero-order valence-electron chi connectivity index (χ0n) is 9.08. The Morgan fingerprint density at radius 3 is 2.38 bits per heavy atom. The second kappa shape index (κ2) is 4.76. The molecule has 1 N–H and O–H groups in total. The minimum Gasteiger partial charge on any atom is -0.480 e. The quantitative estimate of drug-likeness (QED) is 0.782. The first-order chi connectivity index (χ1) is 7.35. The Morgan fingerprint density at radius 1 is 1.44 bits per heavy atom. The average molecular weight is 235 g/mol. The Labute approximate surface area is 92.2 Å². The maximum absolute atomic E-state index is 12.6. The first kappa shape index (κ1) is 12.9. The van der Waals surface area contributed by atoms with Gasteiger partial charge in [0, 0.05) is 25.3 Å². The van der Waals surface area contributed by atoms with Gasteiger partial charge in [0.1, 0.15) is 6.54 Å². The minimum absolute atomic E-state index is 0.299. The molecule has 92 valence electrons. The van der Waals surface area contributed by atoms with E-state index in [0.29, 0.717) is 13.0 Å². The molecule has 1 aliphatic carbocycles. The van der Waals surface area contributed by atoms with Crippen LogP contribution in [0.2, 0.25) is 0 Å². The molecule has 4 nitrogen and oxygen atoms in total. The lowest BCUT2D eigenvalue weighted by molar-refractivity contribution is -0.162. The zero-order chi connectivity index (χ0) is 12.3. The number of carbonyl (C=O) groups excluding carboxylic acids is 1. The number of hydrogen-bond acceptors (Lipinski definition) is 2. The third-order valence-electron chi connectivity index (χ3n) is 2.57. The first-order valence-corrected chi connectivity index (χ1v) is 5.24. The van der Waals surface area contributed by atoms with Crippen LogP contribution in [0.5, 0.6) is 0 Å². The van der Waals surface area contributed by atoms with Gasteiger partial charge in [-0.25, -0.2) is 8.78 Å². The van der Waals surface area contributed by atoms with E-state index in [1.165, 1.54) is 0 Å². The monoisotopic (exact) mass is 235 g/mol. The van der Waals surface area contributed by atoms with Crippen LogP contribution in [-0.2, 0) is 9.59 Å². The van der Waals surface area contributed by atoms with Crippen molar-refractivity contribution in [2.45, 2.75) is 32.1 Å². The van der Waals surface area contributed by atoms with Crippen molar-refractivity contribution < 1.29 is 23.5 Å². The van der Waals surface area contributed by atoms with E-state index in [1.807, 2.05) is 0 Å². The Balaban J connectivity index is 2.51. The van der Waals surface area contributed by atoms with Crippen LogP contribution >= 0.6 is 0 Å². The van der Waals surface area contributed by atoms with E-state index in [1.54, 1.807) is 6.92 Å². The molecule has 0 aromatic carbocycles. The van der Waals surface area contributed by atoms with Gasteiger partial charge in [0.25, 0.3) is 0 Å². The molecule has 0 saturated heterocycles. The molecule has 0 aromatic heterocycles. The fourth-order valence-electron chi connectivity index (χ4n) is 1.79. The van der Waals surface area contributed by atoms with E-state index < -0.39 is 43.1 Å². The summed E-state index contributed by atoms with van der Waals surface area (Å²) in [6.45, 7) is 1.69. The molecule has 0 aliphatic heterocycles. The van der Waals surface area contributed by atoms with Gasteiger partial charge in [0.15, 0.2) is 0 Å². The van der Waals surface area contributed by atoms with Crippen molar-refractivity contribution in [3.8, 4) is 0 Å². The van der Waals surface area contributed by atoms with Gasteiger partial charge in [0.05, 0.1) is 0 Å². The largest absolute Gasteiger partial charge is 0.480 e. The van der Waals surface area contributed by atoms with Gasteiger partial charge in [-0.1, -0.05) is 6.92 Å². The van der Waals surface area contributed by atoms with Crippen LogP contribution in [-0.4, -0.2) is 40.9 Å². The summed E-state index contributed by atoms with van der Waals surface area (Å²) in [4.78, 5) is 23.3. The van der Waals surface area contributed by atoms with Crippen molar-refractivity contribution in [3.63, 3.8) is 0 Å². The Hall–Kier alpha value is -1.20. The highest BCUT2D eigenvalue weighted by Gasteiger charge is 2.49. The molecule has 0 aromatic rings. The van der Waals surface area contributed by atoms with E-state index in [-0.39, 0.29) is 0 Å². The fourth-order valence-corrected chi connectivity index (χ4v) is 1.79. The van der Waals surface area contributed by atoms with E-state index in [4.69, 9.17) is 5.11 Å². The number of amides is 1. The number of carboxylic acids is 1. The van der Waals surface area contributed by atoms with Gasteiger partial charge in [-0.2, -0.15) is 0 Å². The molecule has 0 spiro atoms. The highest BCUT2D eigenvalue weighted by atomic mass is 19.3. The maximum atomic E-state index is 12.6.